The van der Waals surface area contributed by atoms with Gasteiger partial charge in [-0.25, -0.2) is 0 Å². The predicted octanol–water partition coefficient (Wildman–Crippen LogP) is 4.66. The molecular weight excluding hydrogens is 308 g/mol. The van der Waals surface area contributed by atoms with Gasteiger partial charge in [0.25, 0.3) is 0 Å². The molecule has 0 amide bonds. The zero-order chi connectivity index (χ0) is 14.3. The van der Waals surface area contributed by atoms with Crippen LogP contribution >= 0.6 is 6.04 Å². The van der Waals surface area contributed by atoms with E-state index in [0.717, 1.165) is 4.15 Å². The summed E-state index contributed by atoms with van der Waals surface area (Å²) in [6.07, 6.45) is 0. The first-order chi connectivity index (χ1) is 7.19. The van der Waals surface area contributed by atoms with Gasteiger partial charge in [0, 0.05) is 0 Å². The van der Waals surface area contributed by atoms with Crippen molar-refractivity contribution < 1.29 is 4.79 Å². The van der Waals surface area contributed by atoms with Gasteiger partial charge in [0.2, 0.25) is 0 Å². The van der Waals surface area contributed by atoms with Crippen LogP contribution in [0.1, 0.15) is 41.5 Å². The van der Waals surface area contributed by atoms with Crippen LogP contribution in [0.15, 0.2) is 4.15 Å². The Labute approximate surface area is 115 Å². The number of carbonyl (C=O) groups excluding carboxylic acids is 1. The van der Waals surface area contributed by atoms with Gasteiger partial charge in [-0.15, -0.1) is 0 Å². The van der Waals surface area contributed by atoms with Crippen LogP contribution in [-0.4, -0.2) is 29.5 Å². The maximum atomic E-state index is 11.5. The van der Waals surface area contributed by atoms with E-state index in [1.165, 1.54) is 0 Å². The van der Waals surface area contributed by atoms with E-state index >= 15 is 0 Å². The summed E-state index contributed by atoms with van der Waals surface area (Å²) >= 11 is 3.87. The summed E-state index contributed by atoms with van der Waals surface area (Å²) in [6.45, 7) is 13.1. The summed E-state index contributed by atoms with van der Waals surface area (Å²) < 4.78 is 1.01. The fourth-order valence-corrected chi connectivity index (χ4v) is 22.0. The molecule has 0 aliphatic rings. The van der Waals surface area contributed by atoms with Crippen molar-refractivity contribution >= 4 is 37.1 Å². The van der Waals surface area contributed by atoms with Crippen LogP contribution in [0.4, 0.5) is 0 Å². The van der Waals surface area contributed by atoms with Crippen LogP contribution in [0.2, 0.25) is 17.3 Å². The molecule has 100 valence electrons. The average molecular weight is 335 g/mol. The maximum absolute atomic E-state index is 11.5. The van der Waals surface area contributed by atoms with Crippen molar-refractivity contribution in [2.45, 2.75) is 69.1 Å². The molecule has 0 aliphatic heterocycles. The molecule has 0 saturated heterocycles. The molecule has 0 heterocycles. The van der Waals surface area contributed by atoms with Gasteiger partial charge < -0.3 is 0 Å². The van der Waals surface area contributed by atoms with Crippen LogP contribution in [0.25, 0.3) is 0 Å². The van der Waals surface area contributed by atoms with Gasteiger partial charge in [-0.2, -0.15) is 0 Å². The van der Waals surface area contributed by atoms with E-state index in [0.29, 0.717) is 0 Å². The SMILES string of the molecule is CC(C)(C)P(=S)([C](=C=O)[Ge]([CH3])([CH3])[CH3])C(C)(C)C. The summed E-state index contributed by atoms with van der Waals surface area (Å²) in [4.78, 5) is 11.5. The van der Waals surface area contributed by atoms with E-state index < -0.39 is 19.3 Å². The van der Waals surface area contributed by atoms with Gasteiger partial charge >= 0.3 is 115 Å². The van der Waals surface area contributed by atoms with Crippen LogP contribution in [0.5, 0.6) is 0 Å². The van der Waals surface area contributed by atoms with E-state index in [4.69, 9.17) is 11.8 Å². The van der Waals surface area contributed by atoms with Crippen LogP contribution in [0, 0.1) is 0 Å². The van der Waals surface area contributed by atoms with E-state index in [1.54, 1.807) is 0 Å². The molecular formula is C13H27GeOPS. The zero-order valence-electron chi connectivity index (χ0n) is 12.8. The third kappa shape index (κ3) is 3.35. The predicted molar refractivity (Wildman–Crippen MR) is 86.3 cm³/mol. The molecule has 0 fully saturated rings. The second kappa shape index (κ2) is 4.96. The van der Waals surface area contributed by atoms with Crippen LogP contribution in [0.3, 0.4) is 0 Å². The minimum atomic E-state index is -2.23. The number of hydrogen-bond acceptors (Lipinski definition) is 2. The van der Waals surface area contributed by atoms with Gasteiger partial charge in [-0.05, 0) is 0 Å². The van der Waals surface area contributed by atoms with Crippen LogP contribution < -0.4 is 0 Å². The first-order valence-electron chi connectivity index (χ1n) is 6.06. The molecule has 0 radical (unpaired) electrons. The second-order valence-corrected chi connectivity index (χ2v) is 25.0. The minimum absolute atomic E-state index is 0.00808. The molecule has 1 nitrogen and oxygen atoms in total. The molecule has 0 N–H and O–H groups in total. The molecule has 4 heteroatoms. The summed E-state index contributed by atoms with van der Waals surface area (Å²) in [6, 6.07) is -1.91. The Balaban J connectivity index is 6.24. The van der Waals surface area contributed by atoms with Crippen molar-refractivity contribution in [1.82, 2.24) is 0 Å². The van der Waals surface area contributed by atoms with Gasteiger partial charge in [0.1, 0.15) is 0 Å². The molecule has 0 unspecified atom stereocenters. The van der Waals surface area contributed by atoms with Gasteiger partial charge in [-0.1, -0.05) is 0 Å². The Bertz CT molecular complexity index is 369. The Hall–Kier alpha value is 0.643. The number of rotatable bonds is 2. The molecule has 0 aromatic carbocycles. The normalized spacial score (nSPS) is 14.4. The second-order valence-electron chi connectivity index (χ2n) is 7.65. The molecule has 0 atom stereocenters. The van der Waals surface area contributed by atoms with Crippen molar-refractivity contribution in [3.63, 3.8) is 0 Å². The summed E-state index contributed by atoms with van der Waals surface area (Å²) in [7, 11) is 0. The zero-order valence-corrected chi connectivity index (χ0v) is 16.6. The Kier molecular flexibility index (Phi) is 5.15. The van der Waals surface area contributed by atoms with Gasteiger partial charge in [0.05, 0.1) is 0 Å². The van der Waals surface area contributed by atoms with Crippen molar-refractivity contribution in [1.29, 1.82) is 0 Å². The molecule has 0 aromatic rings. The van der Waals surface area contributed by atoms with E-state index in [1.807, 2.05) is 0 Å². The molecule has 17 heavy (non-hydrogen) atoms. The fraction of sp³-hybridized carbons (Fsp3) is 0.846. The summed E-state index contributed by atoms with van der Waals surface area (Å²) in [5, 5.41) is -0.0162. The third-order valence-electron chi connectivity index (χ3n) is 3.01. The van der Waals surface area contributed by atoms with Crippen LogP contribution in [-0.2, 0) is 16.6 Å². The van der Waals surface area contributed by atoms with Gasteiger partial charge in [-0.3, -0.25) is 0 Å². The summed E-state index contributed by atoms with van der Waals surface area (Å²) in [5.74, 6) is 9.04. The van der Waals surface area contributed by atoms with E-state index in [9.17, 15) is 4.79 Å². The average Bonchev–Trinajstić information content (AvgIpc) is 1.97. The molecule has 0 spiro atoms. The first kappa shape index (κ1) is 17.6. The van der Waals surface area contributed by atoms with E-state index in [-0.39, 0.29) is 10.3 Å². The fourth-order valence-electron chi connectivity index (χ4n) is 2.37. The Morgan fingerprint density at radius 3 is 1.35 bits per heavy atom. The van der Waals surface area contributed by atoms with E-state index in [2.05, 4.69) is 64.8 Å². The molecule has 0 saturated carbocycles. The Morgan fingerprint density at radius 1 is 1.00 bits per heavy atom. The van der Waals surface area contributed by atoms with Gasteiger partial charge in [0.15, 0.2) is 0 Å². The molecule has 0 rings (SSSR count). The van der Waals surface area contributed by atoms with Crippen molar-refractivity contribution in [2.24, 2.45) is 0 Å². The summed E-state index contributed by atoms with van der Waals surface area (Å²) in [5.41, 5.74) is 0. The molecule has 0 bridgehead atoms. The van der Waals surface area contributed by atoms with Crippen molar-refractivity contribution in [3.05, 3.63) is 4.15 Å². The monoisotopic (exact) mass is 336 g/mol. The molecule has 0 aromatic heterocycles. The standard InChI is InChI=1S/C13H27GeOPS/c1-12(2,3)16(17,13(4,5)6)11(10-15)14(7,8)9/h1-9H3. The van der Waals surface area contributed by atoms with Crippen molar-refractivity contribution in [3.8, 4) is 0 Å². The van der Waals surface area contributed by atoms with Crippen molar-refractivity contribution in [2.75, 3.05) is 0 Å². The number of hydrogen-bond donors (Lipinski definition) is 0. The third-order valence-corrected chi connectivity index (χ3v) is 21.2. The molecule has 0 aliphatic carbocycles. The first-order valence-corrected chi connectivity index (χ1v) is 16.2. The Morgan fingerprint density at radius 2 is 1.29 bits per heavy atom. The quantitative estimate of drug-likeness (QED) is 0.415. The topological polar surface area (TPSA) is 17.1 Å².